The van der Waals surface area contributed by atoms with Crippen molar-refractivity contribution in [2.24, 2.45) is 0 Å². The Labute approximate surface area is 207 Å². The zero-order valence-corrected chi connectivity index (χ0v) is 22.9. The summed E-state index contributed by atoms with van der Waals surface area (Å²) in [4.78, 5) is 0. The maximum atomic E-state index is 12.8. The average Bonchev–Trinajstić information content (AvgIpc) is 3.36. The minimum atomic E-state index is -0.243. The molecule has 0 unspecified atom stereocenters. The van der Waals surface area contributed by atoms with E-state index in [9.17, 15) is 8.78 Å². The van der Waals surface area contributed by atoms with Crippen molar-refractivity contribution in [1.29, 1.82) is 0 Å². The van der Waals surface area contributed by atoms with Crippen molar-refractivity contribution < 1.29 is 55.2 Å². The quantitative estimate of drug-likeness (QED) is 0.362. The average molecular weight is 583 g/mol. The van der Waals surface area contributed by atoms with Crippen LogP contribution in [0.4, 0.5) is 8.78 Å². The van der Waals surface area contributed by atoms with Crippen LogP contribution in [-0.4, -0.2) is 9.98 Å². The fraction of sp³-hybridized carbons (Fsp3) is 0.167. The molecule has 2 aromatic carbocycles. The van der Waals surface area contributed by atoms with E-state index in [4.69, 9.17) is 0 Å². The van der Waals surface area contributed by atoms with Crippen LogP contribution in [0, 0.1) is 23.8 Å². The molecular weight excluding hydrogens is 561 g/mol. The summed E-state index contributed by atoms with van der Waals surface area (Å²) in [7, 11) is -0.243. The minimum Gasteiger partial charge on any atom is -1.00 e. The van der Waals surface area contributed by atoms with Crippen LogP contribution in [0.15, 0.2) is 72.8 Å². The molecule has 2 aromatic rings. The van der Waals surface area contributed by atoms with E-state index >= 15 is 0 Å². The number of rotatable bonds is 2. The standard InChI is InChI=1S/2C11H8F.C2H6Ge.2ClH.Zr/c2*12-11-7-3-6-10(8-11)9-4-1-2-5-9;1-3-2;;;/h2*1,3-4,6-8H,2H2;1-2H3;2*1H;/q2*-1;;;;+2/p-2. The van der Waals surface area contributed by atoms with Crippen LogP contribution in [0.1, 0.15) is 24.0 Å². The molecular formula is C24H22Cl2F2GeZr-2. The second kappa shape index (κ2) is 16.0. The second-order valence-electron chi connectivity index (χ2n) is 6.41. The number of benzene rings is 2. The van der Waals surface area contributed by atoms with E-state index < -0.39 is 0 Å². The monoisotopic (exact) mass is 582 g/mol. The molecule has 4 rings (SSSR count). The summed E-state index contributed by atoms with van der Waals surface area (Å²) in [5, 5.41) is 0. The third kappa shape index (κ3) is 11.0. The SMILES string of the molecule is Fc1cccc(C2=[C-]CC=C2)c1.Fc1cccc(C2=[C-]CC=C2)c1.[CH3][Ge]([CH3])=[Zr+2].[Cl-].[Cl-]. The molecule has 0 saturated heterocycles. The summed E-state index contributed by atoms with van der Waals surface area (Å²) in [5.41, 5.74) is 3.80. The van der Waals surface area contributed by atoms with E-state index in [0.717, 1.165) is 35.1 Å². The zero-order valence-electron chi connectivity index (χ0n) is 16.9. The normalized spacial score (nSPS) is 12.9. The van der Waals surface area contributed by atoms with E-state index in [2.05, 4.69) is 23.7 Å². The summed E-state index contributed by atoms with van der Waals surface area (Å²) in [6.07, 6.45) is 15.9. The zero-order chi connectivity index (χ0) is 20.4. The minimum absolute atomic E-state index is 0. The predicted molar refractivity (Wildman–Crippen MR) is 111 cm³/mol. The Morgan fingerprint density at radius 1 is 0.767 bits per heavy atom. The number of hydrogen-bond donors (Lipinski definition) is 0. The van der Waals surface area contributed by atoms with Crippen LogP contribution in [-0.2, 0) is 21.6 Å². The summed E-state index contributed by atoms with van der Waals surface area (Å²) in [6, 6.07) is 13.2. The van der Waals surface area contributed by atoms with Crippen LogP contribution >= 0.6 is 0 Å². The Hall–Kier alpha value is -0.734. The Morgan fingerprint density at radius 3 is 1.40 bits per heavy atom. The van der Waals surface area contributed by atoms with E-state index in [1.165, 1.54) is 24.3 Å². The Morgan fingerprint density at radius 2 is 1.13 bits per heavy atom. The first kappa shape index (κ1) is 29.3. The Kier molecular flexibility index (Phi) is 15.6. The van der Waals surface area contributed by atoms with Crippen LogP contribution < -0.4 is 24.8 Å². The van der Waals surface area contributed by atoms with Gasteiger partial charge < -0.3 is 24.8 Å². The maximum absolute atomic E-state index is 12.8. The first-order valence-electron chi connectivity index (χ1n) is 9.04. The molecule has 0 saturated carbocycles. The third-order valence-electron chi connectivity index (χ3n) is 3.66. The van der Waals surface area contributed by atoms with Crippen molar-refractivity contribution in [2.45, 2.75) is 24.4 Å². The van der Waals surface area contributed by atoms with Gasteiger partial charge in [0.1, 0.15) is 11.6 Å². The number of allylic oxidation sites excluding steroid dienone is 8. The predicted octanol–water partition coefficient (Wildman–Crippen LogP) is 0.737. The van der Waals surface area contributed by atoms with Gasteiger partial charge in [0, 0.05) is 0 Å². The summed E-state index contributed by atoms with van der Waals surface area (Å²) in [6.45, 7) is 0. The summed E-state index contributed by atoms with van der Waals surface area (Å²) >= 11 is 1.80. The number of halogens is 4. The molecule has 156 valence electrons. The number of hydrogen-bond acceptors (Lipinski definition) is 0. The van der Waals surface area contributed by atoms with Gasteiger partial charge in [0.2, 0.25) is 0 Å². The van der Waals surface area contributed by atoms with Gasteiger partial charge in [-0.1, -0.05) is 37.1 Å². The second-order valence-corrected chi connectivity index (χ2v) is 23.4. The van der Waals surface area contributed by atoms with Gasteiger partial charge in [-0.3, -0.25) is 0 Å². The van der Waals surface area contributed by atoms with Gasteiger partial charge in [0.15, 0.2) is 0 Å². The van der Waals surface area contributed by atoms with Crippen molar-refractivity contribution in [3.8, 4) is 0 Å². The van der Waals surface area contributed by atoms with Gasteiger partial charge in [-0.05, 0) is 12.1 Å². The van der Waals surface area contributed by atoms with Crippen molar-refractivity contribution in [1.82, 2.24) is 0 Å². The smallest absolute Gasteiger partial charge is 1.00 e. The first-order chi connectivity index (χ1) is 13.5. The summed E-state index contributed by atoms with van der Waals surface area (Å²) < 4.78 is 25.5. The van der Waals surface area contributed by atoms with Crippen molar-refractivity contribution in [3.05, 3.63) is 108 Å². The third-order valence-corrected chi connectivity index (χ3v) is 3.66. The molecule has 2 aliphatic carbocycles. The molecule has 0 amide bonds. The maximum Gasteiger partial charge on any atom is -1.00 e. The molecule has 0 spiro atoms. The molecule has 30 heavy (non-hydrogen) atoms. The van der Waals surface area contributed by atoms with Crippen LogP contribution in [0.5, 0.6) is 0 Å². The van der Waals surface area contributed by atoms with Gasteiger partial charge in [0.05, 0.1) is 0 Å². The van der Waals surface area contributed by atoms with E-state index in [1.807, 2.05) is 36.4 Å². The molecule has 0 radical (unpaired) electrons. The van der Waals surface area contributed by atoms with Crippen molar-refractivity contribution in [2.75, 3.05) is 0 Å². The molecule has 2 aliphatic rings. The van der Waals surface area contributed by atoms with Gasteiger partial charge in [0.25, 0.3) is 0 Å². The van der Waals surface area contributed by atoms with E-state index in [1.54, 1.807) is 33.7 Å². The van der Waals surface area contributed by atoms with Crippen LogP contribution in [0.3, 0.4) is 0 Å². The van der Waals surface area contributed by atoms with Gasteiger partial charge in [-0.2, -0.15) is 35.5 Å². The van der Waals surface area contributed by atoms with E-state index in [0.29, 0.717) is 0 Å². The molecule has 0 N–H and O–H groups in total. The topological polar surface area (TPSA) is 0 Å². The van der Waals surface area contributed by atoms with Gasteiger partial charge >= 0.3 is 43.1 Å². The van der Waals surface area contributed by atoms with E-state index in [-0.39, 0.29) is 46.4 Å². The molecule has 0 aliphatic heterocycles. The molecule has 0 bridgehead atoms. The van der Waals surface area contributed by atoms with Crippen molar-refractivity contribution >= 4 is 21.1 Å². The fourth-order valence-corrected chi connectivity index (χ4v) is 2.52. The summed E-state index contributed by atoms with van der Waals surface area (Å²) in [5.74, 6) is 4.36. The molecule has 6 heteroatoms. The molecule has 0 nitrogen and oxygen atoms in total. The molecule has 0 aromatic heterocycles. The largest absolute Gasteiger partial charge is 1.00 e. The molecule has 0 fully saturated rings. The molecule has 0 atom stereocenters. The van der Waals surface area contributed by atoms with Crippen molar-refractivity contribution in [3.63, 3.8) is 0 Å². The Balaban J connectivity index is 0.000000452. The Bertz CT molecular complexity index is 874. The van der Waals surface area contributed by atoms with Gasteiger partial charge in [-0.15, -0.1) is 35.4 Å². The fourth-order valence-electron chi connectivity index (χ4n) is 2.52. The van der Waals surface area contributed by atoms with Gasteiger partial charge in [-0.25, -0.2) is 8.78 Å². The van der Waals surface area contributed by atoms with Crippen LogP contribution in [0.25, 0.3) is 11.1 Å². The van der Waals surface area contributed by atoms with Crippen LogP contribution in [0.2, 0.25) is 11.5 Å². The first-order valence-corrected chi connectivity index (χ1v) is 20.7. The molecule has 0 heterocycles.